The maximum atomic E-state index is 12.8. The number of fused-ring (bicyclic) bond motifs is 1. The summed E-state index contributed by atoms with van der Waals surface area (Å²) in [5.41, 5.74) is 3.07. The molecule has 0 aliphatic carbocycles. The van der Waals surface area contributed by atoms with Crippen molar-refractivity contribution in [2.45, 2.75) is 25.9 Å². The summed E-state index contributed by atoms with van der Waals surface area (Å²) in [6.45, 7) is 3.85. The van der Waals surface area contributed by atoms with Gasteiger partial charge in [0.1, 0.15) is 5.76 Å². The first-order chi connectivity index (χ1) is 12.1. The molecule has 2 amide bonds. The van der Waals surface area contributed by atoms with E-state index in [1.54, 1.807) is 17.2 Å². The Hall–Kier alpha value is -2.76. The molecule has 2 aromatic rings. The van der Waals surface area contributed by atoms with E-state index in [9.17, 15) is 9.59 Å². The third-order valence-corrected chi connectivity index (χ3v) is 4.96. The topological polar surface area (TPSA) is 65.8 Å². The fourth-order valence-corrected chi connectivity index (χ4v) is 3.66. The molecular weight excluding hydrogens is 318 g/mol. The summed E-state index contributed by atoms with van der Waals surface area (Å²) in [7, 11) is 0. The molecule has 1 aromatic carbocycles. The highest BCUT2D eigenvalue weighted by atomic mass is 16.3. The Morgan fingerprint density at radius 2 is 2.16 bits per heavy atom. The van der Waals surface area contributed by atoms with Crippen LogP contribution in [0.4, 0.5) is 5.69 Å². The van der Waals surface area contributed by atoms with Crippen LogP contribution in [-0.2, 0) is 17.8 Å². The van der Waals surface area contributed by atoms with E-state index in [0.29, 0.717) is 37.0 Å². The van der Waals surface area contributed by atoms with Gasteiger partial charge in [0.25, 0.3) is 5.91 Å². The van der Waals surface area contributed by atoms with Crippen LogP contribution < -0.4 is 10.2 Å². The quantitative estimate of drug-likeness (QED) is 0.926. The van der Waals surface area contributed by atoms with E-state index >= 15 is 0 Å². The van der Waals surface area contributed by atoms with Gasteiger partial charge in [-0.1, -0.05) is 18.2 Å². The number of benzene rings is 1. The van der Waals surface area contributed by atoms with Crippen LogP contribution in [0.5, 0.6) is 0 Å². The van der Waals surface area contributed by atoms with Crippen molar-refractivity contribution in [2.24, 2.45) is 0 Å². The van der Waals surface area contributed by atoms with Crippen LogP contribution in [0.25, 0.3) is 0 Å². The first kappa shape index (κ1) is 15.7. The van der Waals surface area contributed by atoms with Crippen molar-refractivity contribution in [1.82, 2.24) is 10.2 Å². The van der Waals surface area contributed by atoms with E-state index in [2.05, 4.69) is 35.3 Å². The fraction of sp³-hybridized carbons (Fsp3) is 0.368. The predicted molar refractivity (Wildman–Crippen MR) is 93.4 cm³/mol. The van der Waals surface area contributed by atoms with Crippen LogP contribution >= 0.6 is 0 Å². The standard InChI is InChI=1S/C19H21N3O3/c1-13-10-14-4-2-3-5-16(14)22(13)11-17-15(6-9-25-17)19(24)21-8-7-20-18(23)12-21/h2-6,9,13H,7-8,10-12H2,1H3,(H,20,23). The molecule has 0 saturated carbocycles. The molecule has 0 spiro atoms. The van der Waals surface area contributed by atoms with Gasteiger partial charge in [0.15, 0.2) is 0 Å². The zero-order valence-corrected chi connectivity index (χ0v) is 14.2. The summed E-state index contributed by atoms with van der Waals surface area (Å²) in [4.78, 5) is 28.2. The molecule has 2 aliphatic rings. The maximum absolute atomic E-state index is 12.8. The van der Waals surface area contributed by atoms with Gasteiger partial charge in [-0.3, -0.25) is 9.59 Å². The van der Waals surface area contributed by atoms with Gasteiger partial charge in [-0.05, 0) is 31.0 Å². The third kappa shape index (κ3) is 2.88. The second-order valence-electron chi connectivity index (χ2n) is 6.64. The Kier molecular flexibility index (Phi) is 3.95. The molecular formula is C19H21N3O3. The molecule has 0 bridgehead atoms. The monoisotopic (exact) mass is 339 g/mol. The zero-order valence-electron chi connectivity index (χ0n) is 14.2. The smallest absolute Gasteiger partial charge is 0.258 e. The number of carbonyl (C=O) groups is 2. The van der Waals surface area contributed by atoms with Crippen LogP contribution in [0.3, 0.4) is 0 Å². The molecule has 0 radical (unpaired) electrons. The summed E-state index contributed by atoms with van der Waals surface area (Å²) in [6.07, 6.45) is 2.55. The van der Waals surface area contributed by atoms with E-state index in [1.165, 1.54) is 11.3 Å². The van der Waals surface area contributed by atoms with Gasteiger partial charge < -0.3 is 19.5 Å². The Morgan fingerprint density at radius 1 is 1.32 bits per heavy atom. The molecule has 1 saturated heterocycles. The number of furan rings is 1. The summed E-state index contributed by atoms with van der Waals surface area (Å²) in [5.74, 6) is 0.394. The molecule has 4 rings (SSSR count). The van der Waals surface area contributed by atoms with Gasteiger partial charge in [-0.2, -0.15) is 0 Å². The minimum absolute atomic E-state index is 0.104. The minimum atomic E-state index is -0.140. The highest BCUT2D eigenvalue weighted by molar-refractivity contribution is 5.97. The van der Waals surface area contributed by atoms with E-state index in [-0.39, 0.29) is 18.4 Å². The largest absolute Gasteiger partial charge is 0.467 e. The Morgan fingerprint density at radius 3 is 3.00 bits per heavy atom. The van der Waals surface area contributed by atoms with Crippen LogP contribution in [0.2, 0.25) is 0 Å². The van der Waals surface area contributed by atoms with Crippen molar-refractivity contribution >= 4 is 17.5 Å². The van der Waals surface area contributed by atoms with Gasteiger partial charge in [0.05, 0.1) is 24.9 Å². The second kappa shape index (κ2) is 6.27. The first-order valence-electron chi connectivity index (χ1n) is 8.60. The lowest BCUT2D eigenvalue weighted by Gasteiger charge is -2.27. The first-order valence-corrected chi connectivity index (χ1v) is 8.60. The van der Waals surface area contributed by atoms with Gasteiger partial charge in [-0.15, -0.1) is 0 Å². The molecule has 1 fully saturated rings. The van der Waals surface area contributed by atoms with Gasteiger partial charge >= 0.3 is 0 Å². The normalized spacial score (nSPS) is 19.7. The Labute approximate surface area is 146 Å². The zero-order chi connectivity index (χ0) is 17.4. The molecule has 1 atom stereocenters. The summed E-state index contributed by atoms with van der Waals surface area (Å²) < 4.78 is 5.64. The molecule has 1 unspecified atom stereocenters. The number of para-hydroxylation sites is 1. The number of anilines is 1. The number of rotatable bonds is 3. The molecule has 2 aliphatic heterocycles. The van der Waals surface area contributed by atoms with Crippen molar-refractivity contribution < 1.29 is 14.0 Å². The van der Waals surface area contributed by atoms with Crippen LogP contribution in [0.1, 0.15) is 28.6 Å². The van der Waals surface area contributed by atoms with Crippen molar-refractivity contribution in [3.05, 3.63) is 53.5 Å². The SMILES string of the molecule is CC1Cc2ccccc2N1Cc1occc1C(=O)N1CCNC(=O)C1. The maximum Gasteiger partial charge on any atom is 0.258 e. The fourth-order valence-electron chi connectivity index (χ4n) is 3.66. The average molecular weight is 339 g/mol. The van der Waals surface area contributed by atoms with E-state index in [1.807, 2.05) is 6.07 Å². The molecule has 25 heavy (non-hydrogen) atoms. The van der Waals surface area contributed by atoms with E-state index < -0.39 is 0 Å². The molecule has 3 heterocycles. The van der Waals surface area contributed by atoms with Crippen molar-refractivity contribution in [2.75, 3.05) is 24.5 Å². The third-order valence-electron chi connectivity index (χ3n) is 4.96. The summed E-state index contributed by atoms with van der Waals surface area (Å²) >= 11 is 0. The molecule has 130 valence electrons. The number of hydrogen-bond acceptors (Lipinski definition) is 4. The van der Waals surface area contributed by atoms with E-state index in [4.69, 9.17) is 4.42 Å². The number of piperazine rings is 1. The second-order valence-corrected chi connectivity index (χ2v) is 6.64. The van der Waals surface area contributed by atoms with Gasteiger partial charge in [0, 0.05) is 24.8 Å². The van der Waals surface area contributed by atoms with Crippen LogP contribution in [-0.4, -0.2) is 42.4 Å². The van der Waals surface area contributed by atoms with Crippen molar-refractivity contribution in [1.29, 1.82) is 0 Å². The summed E-state index contributed by atoms with van der Waals surface area (Å²) in [6, 6.07) is 10.4. The number of nitrogens with zero attached hydrogens (tertiary/aromatic N) is 2. The Bertz CT molecular complexity index is 814. The number of nitrogens with one attached hydrogen (secondary N) is 1. The average Bonchev–Trinajstić information content (AvgIpc) is 3.19. The minimum Gasteiger partial charge on any atom is -0.467 e. The number of amides is 2. The molecule has 1 N–H and O–H groups in total. The number of carbonyl (C=O) groups excluding carboxylic acids is 2. The predicted octanol–water partition coefficient (Wildman–Crippen LogP) is 1.80. The highest BCUT2D eigenvalue weighted by Gasteiger charge is 2.30. The Balaban J connectivity index is 1.56. The van der Waals surface area contributed by atoms with Gasteiger partial charge in [0.2, 0.25) is 5.91 Å². The van der Waals surface area contributed by atoms with Crippen molar-refractivity contribution in [3.63, 3.8) is 0 Å². The molecule has 1 aromatic heterocycles. The van der Waals surface area contributed by atoms with Crippen molar-refractivity contribution in [3.8, 4) is 0 Å². The molecule has 6 heteroatoms. The summed E-state index contributed by atoms with van der Waals surface area (Å²) in [5, 5.41) is 2.74. The lowest BCUT2D eigenvalue weighted by Crippen LogP contribution is -2.50. The molecule has 6 nitrogen and oxygen atoms in total. The lowest BCUT2D eigenvalue weighted by molar-refractivity contribution is -0.123. The lowest BCUT2D eigenvalue weighted by atomic mass is 10.1. The van der Waals surface area contributed by atoms with E-state index in [0.717, 1.165) is 6.42 Å². The van der Waals surface area contributed by atoms with Crippen LogP contribution in [0.15, 0.2) is 41.0 Å². The van der Waals surface area contributed by atoms with Gasteiger partial charge in [-0.25, -0.2) is 0 Å². The van der Waals surface area contributed by atoms with Crippen LogP contribution in [0, 0.1) is 0 Å². The highest BCUT2D eigenvalue weighted by Crippen LogP contribution is 2.33. The number of hydrogen-bond donors (Lipinski definition) is 1.